The summed E-state index contributed by atoms with van der Waals surface area (Å²) in [5, 5.41) is 16.3. The van der Waals surface area contributed by atoms with Crippen LogP contribution in [-0.4, -0.2) is 29.8 Å². The summed E-state index contributed by atoms with van der Waals surface area (Å²) >= 11 is 8.63. The fourth-order valence-corrected chi connectivity index (χ4v) is 2.80. The number of halogens is 1. The monoisotopic (exact) mass is 290 g/mol. The number of hydrogen-bond acceptors (Lipinski definition) is 7. The Bertz CT molecular complexity index is 482. The van der Waals surface area contributed by atoms with E-state index in [1.54, 1.807) is 4.68 Å². The van der Waals surface area contributed by atoms with Crippen molar-refractivity contribution in [1.82, 2.24) is 29.8 Å². The molecule has 0 radical (unpaired) electrons. The van der Waals surface area contributed by atoms with E-state index in [9.17, 15) is 0 Å². The summed E-state index contributed by atoms with van der Waals surface area (Å²) in [5.41, 5.74) is 0.778. The van der Waals surface area contributed by atoms with Gasteiger partial charge in [0.25, 0.3) is 0 Å². The van der Waals surface area contributed by atoms with Crippen LogP contribution in [0.1, 0.15) is 19.5 Å². The molecular formula is C8H11ClN6S2. The molecule has 2 rings (SSSR count). The van der Waals surface area contributed by atoms with Crippen LogP contribution in [0.5, 0.6) is 0 Å². The fraction of sp³-hybridized carbons (Fsp3) is 0.625. The first kappa shape index (κ1) is 12.7. The summed E-state index contributed by atoms with van der Waals surface area (Å²) in [6.07, 6.45) is 0. The van der Waals surface area contributed by atoms with E-state index < -0.39 is 0 Å². The number of tetrazole rings is 1. The molecule has 17 heavy (non-hydrogen) atoms. The molecule has 0 aromatic carbocycles. The maximum absolute atomic E-state index is 5.93. The minimum atomic E-state index is 0.502. The van der Waals surface area contributed by atoms with Gasteiger partial charge in [0.15, 0.2) is 0 Å². The summed E-state index contributed by atoms with van der Waals surface area (Å²) in [6.45, 7) is 5.05. The number of thioether (sulfide) groups is 1. The first-order chi connectivity index (χ1) is 8.16. The van der Waals surface area contributed by atoms with Crippen molar-refractivity contribution in [2.24, 2.45) is 5.92 Å². The highest BCUT2D eigenvalue weighted by Crippen LogP contribution is 2.25. The number of aromatic nitrogens is 6. The minimum absolute atomic E-state index is 0.502. The highest BCUT2D eigenvalue weighted by molar-refractivity contribution is 7.98. The van der Waals surface area contributed by atoms with E-state index in [1.807, 2.05) is 0 Å². The van der Waals surface area contributed by atoms with E-state index in [2.05, 4.69) is 39.0 Å². The predicted molar refractivity (Wildman–Crippen MR) is 67.1 cm³/mol. The molecule has 0 saturated carbocycles. The SMILES string of the molecule is CC(C)Cn1nnnc1SCc1nnsc1Cl. The van der Waals surface area contributed by atoms with Crippen molar-refractivity contribution in [1.29, 1.82) is 0 Å². The smallest absolute Gasteiger partial charge is 0.209 e. The van der Waals surface area contributed by atoms with Gasteiger partial charge in [-0.2, -0.15) is 0 Å². The fourth-order valence-electron chi connectivity index (χ4n) is 1.18. The van der Waals surface area contributed by atoms with Crippen LogP contribution < -0.4 is 0 Å². The molecule has 9 heteroatoms. The summed E-state index contributed by atoms with van der Waals surface area (Å²) in [4.78, 5) is 0. The largest absolute Gasteiger partial charge is 0.220 e. The molecule has 2 aromatic heterocycles. The van der Waals surface area contributed by atoms with Crippen molar-refractivity contribution in [3.05, 3.63) is 10.0 Å². The van der Waals surface area contributed by atoms with Gasteiger partial charge >= 0.3 is 0 Å². The van der Waals surface area contributed by atoms with Crippen molar-refractivity contribution in [2.75, 3.05) is 0 Å². The van der Waals surface area contributed by atoms with Gasteiger partial charge in [0.2, 0.25) is 5.16 Å². The highest BCUT2D eigenvalue weighted by atomic mass is 35.5. The molecule has 2 heterocycles. The van der Waals surface area contributed by atoms with Gasteiger partial charge in [-0.05, 0) is 16.3 Å². The lowest BCUT2D eigenvalue weighted by Crippen LogP contribution is -2.07. The van der Waals surface area contributed by atoms with Crippen molar-refractivity contribution >= 4 is 34.9 Å². The summed E-state index contributed by atoms with van der Waals surface area (Å²) in [6, 6.07) is 0. The van der Waals surface area contributed by atoms with E-state index in [1.165, 1.54) is 23.3 Å². The van der Waals surface area contributed by atoms with E-state index in [-0.39, 0.29) is 0 Å². The molecule has 0 amide bonds. The average Bonchev–Trinajstić information content (AvgIpc) is 2.84. The van der Waals surface area contributed by atoms with Gasteiger partial charge in [0.1, 0.15) is 10.0 Å². The van der Waals surface area contributed by atoms with Gasteiger partial charge in [0, 0.05) is 23.8 Å². The zero-order valence-electron chi connectivity index (χ0n) is 9.37. The third-order valence-electron chi connectivity index (χ3n) is 1.88. The normalized spacial score (nSPS) is 11.3. The molecular weight excluding hydrogens is 280 g/mol. The Hall–Kier alpha value is -0.730. The molecule has 0 spiro atoms. The number of nitrogens with zero attached hydrogens (tertiary/aromatic N) is 6. The molecule has 0 saturated heterocycles. The zero-order valence-corrected chi connectivity index (χ0v) is 11.8. The highest BCUT2D eigenvalue weighted by Gasteiger charge is 2.11. The Labute approximate surface area is 112 Å². The second-order valence-electron chi connectivity index (χ2n) is 3.82. The van der Waals surface area contributed by atoms with Gasteiger partial charge in [-0.25, -0.2) is 4.68 Å². The van der Waals surface area contributed by atoms with Crippen LogP contribution in [0, 0.1) is 5.92 Å². The van der Waals surface area contributed by atoms with E-state index in [0.29, 0.717) is 16.0 Å². The van der Waals surface area contributed by atoms with Crippen molar-refractivity contribution in [2.45, 2.75) is 31.3 Å². The Morgan fingerprint density at radius 1 is 1.41 bits per heavy atom. The van der Waals surface area contributed by atoms with Crippen LogP contribution in [0.2, 0.25) is 4.34 Å². The second-order valence-corrected chi connectivity index (χ2v) is 6.12. The van der Waals surface area contributed by atoms with Gasteiger partial charge in [-0.3, -0.25) is 0 Å². The standard InChI is InChI=1S/C8H11ClN6S2/c1-5(2)3-15-8(11-12-13-15)16-4-6-7(9)17-14-10-6/h5H,3-4H2,1-2H3. The van der Waals surface area contributed by atoms with Crippen LogP contribution in [0.15, 0.2) is 5.16 Å². The van der Waals surface area contributed by atoms with Crippen LogP contribution in [0.25, 0.3) is 0 Å². The lowest BCUT2D eigenvalue weighted by atomic mass is 10.2. The van der Waals surface area contributed by atoms with Crippen LogP contribution in [0.4, 0.5) is 0 Å². The molecule has 0 bridgehead atoms. The van der Waals surface area contributed by atoms with Crippen molar-refractivity contribution in [3.63, 3.8) is 0 Å². The first-order valence-corrected chi connectivity index (χ1v) is 7.16. The Balaban J connectivity index is 1.99. The molecule has 0 aliphatic heterocycles. The maximum Gasteiger partial charge on any atom is 0.209 e. The molecule has 2 aromatic rings. The molecule has 0 fully saturated rings. The molecule has 0 aliphatic carbocycles. The van der Waals surface area contributed by atoms with E-state index >= 15 is 0 Å². The second kappa shape index (κ2) is 5.74. The number of hydrogen-bond donors (Lipinski definition) is 0. The first-order valence-electron chi connectivity index (χ1n) is 5.02. The summed E-state index contributed by atoms with van der Waals surface area (Å²) in [7, 11) is 0. The van der Waals surface area contributed by atoms with Gasteiger partial charge in [-0.15, -0.1) is 10.2 Å². The Kier molecular flexibility index (Phi) is 4.30. The molecule has 92 valence electrons. The third kappa shape index (κ3) is 3.36. The van der Waals surface area contributed by atoms with Gasteiger partial charge in [-0.1, -0.05) is 41.7 Å². The quantitative estimate of drug-likeness (QED) is 0.786. The molecule has 0 atom stereocenters. The van der Waals surface area contributed by atoms with Crippen LogP contribution >= 0.6 is 34.9 Å². The third-order valence-corrected chi connectivity index (χ3v) is 3.84. The van der Waals surface area contributed by atoms with Crippen molar-refractivity contribution in [3.8, 4) is 0 Å². The summed E-state index contributed by atoms with van der Waals surface area (Å²) < 4.78 is 6.20. The lowest BCUT2D eigenvalue weighted by Gasteiger charge is -2.05. The van der Waals surface area contributed by atoms with Crippen molar-refractivity contribution < 1.29 is 0 Å². The Morgan fingerprint density at radius 3 is 2.88 bits per heavy atom. The average molecular weight is 291 g/mol. The summed E-state index contributed by atoms with van der Waals surface area (Å²) in [5.74, 6) is 1.13. The van der Waals surface area contributed by atoms with Gasteiger partial charge in [0.05, 0.1) is 0 Å². The minimum Gasteiger partial charge on any atom is -0.220 e. The molecule has 0 N–H and O–H groups in total. The lowest BCUT2D eigenvalue weighted by molar-refractivity contribution is 0.446. The van der Waals surface area contributed by atoms with Crippen LogP contribution in [0.3, 0.4) is 0 Å². The number of rotatable bonds is 5. The van der Waals surface area contributed by atoms with Gasteiger partial charge < -0.3 is 0 Å². The predicted octanol–water partition coefficient (Wildman–Crippen LogP) is 2.13. The van der Waals surface area contributed by atoms with Crippen LogP contribution in [-0.2, 0) is 12.3 Å². The maximum atomic E-state index is 5.93. The molecule has 6 nitrogen and oxygen atoms in total. The zero-order chi connectivity index (χ0) is 12.3. The van der Waals surface area contributed by atoms with E-state index in [0.717, 1.165) is 17.4 Å². The topological polar surface area (TPSA) is 69.4 Å². The molecule has 0 aliphatic rings. The molecule has 0 unspecified atom stereocenters. The van der Waals surface area contributed by atoms with E-state index in [4.69, 9.17) is 11.6 Å². The Morgan fingerprint density at radius 2 is 2.24 bits per heavy atom.